The van der Waals surface area contributed by atoms with Gasteiger partial charge in [0, 0.05) is 38.0 Å². The van der Waals surface area contributed by atoms with Crippen molar-refractivity contribution in [2.75, 3.05) is 31.1 Å². The van der Waals surface area contributed by atoms with Crippen LogP contribution in [0.1, 0.15) is 37.8 Å². The van der Waals surface area contributed by atoms with Gasteiger partial charge in [0.15, 0.2) is 5.13 Å². The first-order valence-corrected chi connectivity index (χ1v) is 9.52. The molecule has 1 aromatic rings. The Labute approximate surface area is 136 Å². The molecule has 2 heterocycles. The highest BCUT2D eigenvalue weighted by Crippen LogP contribution is 2.49. The molecule has 4 nitrogen and oxygen atoms in total. The lowest BCUT2D eigenvalue weighted by molar-refractivity contribution is -0.132. The zero-order valence-electron chi connectivity index (χ0n) is 13.3. The quantitative estimate of drug-likeness (QED) is 0.859. The summed E-state index contributed by atoms with van der Waals surface area (Å²) in [5, 5.41) is 3.21. The Kier molecular flexibility index (Phi) is 3.84. The first kappa shape index (κ1) is 14.5. The number of carbonyl (C=O) groups is 1. The molecule has 4 rings (SSSR count). The van der Waals surface area contributed by atoms with Crippen molar-refractivity contribution in [3.8, 4) is 0 Å². The number of rotatable bonds is 3. The SMILES string of the molecule is Cc1csc(N2CCN(C(=O)CC3CC4CCC3C4)CC2)n1. The second-order valence-electron chi connectivity index (χ2n) is 7.28. The van der Waals surface area contributed by atoms with E-state index in [9.17, 15) is 4.79 Å². The number of hydrogen-bond donors (Lipinski definition) is 0. The van der Waals surface area contributed by atoms with Crippen molar-refractivity contribution >= 4 is 22.4 Å². The highest BCUT2D eigenvalue weighted by molar-refractivity contribution is 7.13. The summed E-state index contributed by atoms with van der Waals surface area (Å²) in [4.78, 5) is 21.5. The van der Waals surface area contributed by atoms with Gasteiger partial charge in [0.1, 0.15) is 0 Å². The average molecular weight is 319 g/mol. The van der Waals surface area contributed by atoms with Crippen LogP contribution in [0.5, 0.6) is 0 Å². The van der Waals surface area contributed by atoms with Gasteiger partial charge in [0.05, 0.1) is 5.69 Å². The van der Waals surface area contributed by atoms with Crippen LogP contribution in [0.4, 0.5) is 5.13 Å². The Morgan fingerprint density at radius 3 is 2.68 bits per heavy atom. The monoisotopic (exact) mass is 319 g/mol. The van der Waals surface area contributed by atoms with Gasteiger partial charge in [-0.3, -0.25) is 4.79 Å². The van der Waals surface area contributed by atoms with E-state index in [1.807, 2.05) is 6.92 Å². The molecule has 0 aromatic carbocycles. The third-order valence-electron chi connectivity index (χ3n) is 5.83. The number of anilines is 1. The van der Waals surface area contributed by atoms with Gasteiger partial charge in [-0.05, 0) is 43.9 Å². The number of aryl methyl sites for hydroxylation is 1. The Morgan fingerprint density at radius 2 is 2.09 bits per heavy atom. The lowest BCUT2D eigenvalue weighted by atomic mass is 9.86. The van der Waals surface area contributed by atoms with Crippen molar-refractivity contribution < 1.29 is 4.79 Å². The second-order valence-corrected chi connectivity index (χ2v) is 8.11. The predicted octanol–water partition coefficient (Wildman–Crippen LogP) is 2.93. The van der Waals surface area contributed by atoms with E-state index < -0.39 is 0 Å². The predicted molar refractivity (Wildman–Crippen MR) is 89.2 cm³/mol. The zero-order valence-corrected chi connectivity index (χ0v) is 14.1. The molecule has 5 heteroatoms. The standard InChI is InChI=1S/C17H25N3OS/c1-12-11-22-17(18-12)20-6-4-19(5-7-20)16(21)10-15-9-13-2-3-14(15)8-13/h11,13-15H,2-10H2,1H3. The van der Waals surface area contributed by atoms with Crippen molar-refractivity contribution in [2.45, 2.75) is 39.0 Å². The molecule has 0 N–H and O–H groups in total. The molecule has 0 radical (unpaired) electrons. The van der Waals surface area contributed by atoms with E-state index in [2.05, 4.69) is 20.2 Å². The van der Waals surface area contributed by atoms with E-state index in [1.54, 1.807) is 11.3 Å². The normalized spacial score (nSPS) is 31.0. The smallest absolute Gasteiger partial charge is 0.222 e. The summed E-state index contributed by atoms with van der Waals surface area (Å²) < 4.78 is 0. The lowest BCUT2D eigenvalue weighted by Crippen LogP contribution is -2.49. The fourth-order valence-electron chi connectivity index (χ4n) is 4.61. The summed E-state index contributed by atoms with van der Waals surface area (Å²) in [5.41, 5.74) is 1.09. The van der Waals surface area contributed by atoms with Gasteiger partial charge in [-0.2, -0.15) is 0 Å². The number of nitrogens with zero attached hydrogens (tertiary/aromatic N) is 3. The summed E-state index contributed by atoms with van der Waals surface area (Å²) >= 11 is 1.71. The minimum atomic E-state index is 0.396. The molecule has 3 aliphatic rings. The molecule has 2 saturated carbocycles. The van der Waals surface area contributed by atoms with Gasteiger partial charge < -0.3 is 9.80 Å². The van der Waals surface area contributed by atoms with Crippen molar-refractivity contribution in [1.82, 2.24) is 9.88 Å². The molecular formula is C17H25N3OS. The Hall–Kier alpha value is -1.10. The highest BCUT2D eigenvalue weighted by Gasteiger charge is 2.40. The van der Waals surface area contributed by atoms with Crippen molar-refractivity contribution in [3.05, 3.63) is 11.1 Å². The van der Waals surface area contributed by atoms with Crippen molar-refractivity contribution in [3.63, 3.8) is 0 Å². The van der Waals surface area contributed by atoms with Gasteiger partial charge >= 0.3 is 0 Å². The number of aromatic nitrogens is 1. The van der Waals surface area contributed by atoms with E-state index in [-0.39, 0.29) is 0 Å². The second kappa shape index (κ2) is 5.84. The summed E-state index contributed by atoms with van der Waals surface area (Å²) in [5.74, 6) is 2.87. The van der Waals surface area contributed by atoms with Crippen LogP contribution in [0.25, 0.3) is 0 Å². The van der Waals surface area contributed by atoms with Crippen LogP contribution in [0.2, 0.25) is 0 Å². The molecule has 120 valence electrons. The molecule has 0 spiro atoms. The fourth-order valence-corrected chi connectivity index (χ4v) is 5.47. The molecule has 1 amide bonds. The largest absolute Gasteiger partial charge is 0.345 e. The zero-order chi connectivity index (χ0) is 15.1. The van der Waals surface area contributed by atoms with E-state index in [0.717, 1.165) is 55.3 Å². The first-order valence-electron chi connectivity index (χ1n) is 8.64. The Balaban J connectivity index is 1.29. The van der Waals surface area contributed by atoms with Crippen LogP contribution in [-0.4, -0.2) is 42.0 Å². The third-order valence-corrected chi connectivity index (χ3v) is 6.85. The first-order chi connectivity index (χ1) is 10.7. The summed E-state index contributed by atoms with van der Waals surface area (Å²) in [6.07, 6.45) is 6.31. The molecule has 3 unspecified atom stereocenters. The number of amides is 1. The molecule has 2 aliphatic carbocycles. The Bertz CT molecular complexity index is 550. The third kappa shape index (κ3) is 2.75. The maximum atomic E-state index is 12.6. The average Bonchev–Trinajstić information content (AvgIpc) is 3.24. The van der Waals surface area contributed by atoms with E-state index in [4.69, 9.17) is 0 Å². The lowest BCUT2D eigenvalue weighted by Gasteiger charge is -2.35. The van der Waals surface area contributed by atoms with E-state index in [1.165, 1.54) is 25.7 Å². The van der Waals surface area contributed by atoms with Crippen molar-refractivity contribution in [1.29, 1.82) is 0 Å². The number of carbonyl (C=O) groups excluding carboxylic acids is 1. The molecule has 3 fully saturated rings. The van der Waals surface area contributed by atoms with Gasteiger partial charge in [-0.25, -0.2) is 4.98 Å². The number of piperazine rings is 1. The highest BCUT2D eigenvalue weighted by atomic mass is 32.1. The molecule has 1 saturated heterocycles. The molecule has 1 aliphatic heterocycles. The fraction of sp³-hybridized carbons (Fsp3) is 0.765. The van der Waals surface area contributed by atoms with Gasteiger partial charge in [0.2, 0.25) is 5.91 Å². The number of thiazole rings is 1. The van der Waals surface area contributed by atoms with Gasteiger partial charge in [-0.15, -0.1) is 11.3 Å². The maximum absolute atomic E-state index is 12.6. The van der Waals surface area contributed by atoms with E-state index in [0.29, 0.717) is 11.8 Å². The molecular weight excluding hydrogens is 294 g/mol. The molecule has 2 bridgehead atoms. The van der Waals surface area contributed by atoms with Crippen LogP contribution in [-0.2, 0) is 4.79 Å². The van der Waals surface area contributed by atoms with Crippen LogP contribution in [0, 0.1) is 24.7 Å². The Morgan fingerprint density at radius 1 is 1.27 bits per heavy atom. The summed E-state index contributed by atoms with van der Waals surface area (Å²) in [6, 6.07) is 0. The maximum Gasteiger partial charge on any atom is 0.222 e. The minimum Gasteiger partial charge on any atom is -0.345 e. The van der Waals surface area contributed by atoms with Gasteiger partial charge in [0.25, 0.3) is 0 Å². The van der Waals surface area contributed by atoms with Crippen LogP contribution in [0.15, 0.2) is 5.38 Å². The van der Waals surface area contributed by atoms with Gasteiger partial charge in [-0.1, -0.05) is 6.42 Å². The van der Waals surface area contributed by atoms with Crippen molar-refractivity contribution in [2.24, 2.45) is 17.8 Å². The number of fused-ring (bicyclic) bond motifs is 2. The van der Waals surface area contributed by atoms with Crippen LogP contribution >= 0.6 is 11.3 Å². The molecule has 1 aromatic heterocycles. The minimum absolute atomic E-state index is 0.396. The molecule has 3 atom stereocenters. The topological polar surface area (TPSA) is 36.4 Å². The van der Waals surface area contributed by atoms with Crippen LogP contribution < -0.4 is 4.90 Å². The van der Waals surface area contributed by atoms with E-state index >= 15 is 0 Å². The number of hydrogen-bond acceptors (Lipinski definition) is 4. The summed E-state index contributed by atoms with van der Waals surface area (Å²) in [7, 11) is 0. The van der Waals surface area contributed by atoms with Crippen LogP contribution in [0.3, 0.4) is 0 Å². The summed E-state index contributed by atoms with van der Waals surface area (Å²) in [6.45, 7) is 5.61. The molecule has 22 heavy (non-hydrogen) atoms.